The van der Waals surface area contributed by atoms with Crippen LogP contribution in [0.1, 0.15) is 31.4 Å². The van der Waals surface area contributed by atoms with Crippen molar-refractivity contribution in [3.63, 3.8) is 0 Å². The van der Waals surface area contributed by atoms with E-state index in [9.17, 15) is 0 Å². The van der Waals surface area contributed by atoms with Gasteiger partial charge in [-0.1, -0.05) is 47.1 Å². The van der Waals surface area contributed by atoms with E-state index in [-0.39, 0.29) is 5.41 Å². The van der Waals surface area contributed by atoms with Crippen molar-refractivity contribution >= 4 is 23.0 Å². The fraction of sp³-hybridized carbons (Fsp3) is 0.316. The van der Waals surface area contributed by atoms with Crippen LogP contribution in [0, 0.1) is 0 Å². The zero-order valence-corrected chi connectivity index (χ0v) is 14.3. The van der Waals surface area contributed by atoms with Gasteiger partial charge < -0.3 is 9.74 Å². The molecule has 1 atom stereocenters. The Labute approximate surface area is 141 Å². The summed E-state index contributed by atoms with van der Waals surface area (Å²) in [7, 11) is 2.09. The second-order valence-electron chi connectivity index (χ2n) is 6.80. The van der Waals surface area contributed by atoms with E-state index in [1.165, 1.54) is 11.3 Å². The number of halogens is 1. The summed E-state index contributed by atoms with van der Waals surface area (Å²) in [5.74, 6) is 0. The smallest absolute Gasteiger partial charge is 0.224 e. The van der Waals surface area contributed by atoms with E-state index in [4.69, 9.17) is 16.4 Å². The Hall–Kier alpha value is -2.00. The van der Waals surface area contributed by atoms with Crippen molar-refractivity contribution in [3.8, 4) is 0 Å². The number of likely N-dealkylation sites (N-methyl/N-ethyl adjacent to an activating group) is 1. The maximum absolute atomic E-state index is 6.13. The van der Waals surface area contributed by atoms with Gasteiger partial charge in [0, 0.05) is 23.3 Å². The predicted octanol–water partition coefficient (Wildman–Crippen LogP) is 4.59. The number of anilines is 1. The fourth-order valence-corrected chi connectivity index (χ4v) is 4.07. The Balaban J connectivity index is 1.75. The molecule has 0 N–H and O–H groups in total. The first-order valence-electron chi connectivity index (χ1n) is 7.80. The molecule has 3 nitrogen and oxygen atoms in total. The van der Waals surface area contributed by atoms with Gasteiger partial charge in [-0.05, 0) is 37.6 Å². The second-order valence-corrected chi connectivity index (χ2v) is 7.24. The summed E-state index contributed by atoms with van der Waals surface area (Å²) in [6.07, 6.45) is 0.728. The largest absolute Gasteiger partial charge is 0.366 e. The molecule has 2 aliphatic heterocycles. The maximum atomic E-state index is 6.13. The Kier molecular flexibility index (Phi) is 3.01. The SMILES string of the molecule is CN1c2ccccc2C(C)(C)C12CC(c1cccc(Cl)c1)=NO2. The molecule has 0 saturated heterocycles. The summed E-state index contributed by atoms with van der Waals surface area (Å²) in [5, 5.41) is 5.14. The number of hydrogen-bond donors (Lipinski definition) is 0. The summed E-state index contributed by atoms with van der Waals surface area (Å²) in [4.78, 5) is 8.31. The molecule has 4 rings (SSSR count). The molecular weight excluding hydrogens is 308 g/mol. The minimum Gasteiger partial charge on any atom is -0.366 e. The molecule has 0 radical (unpaired) electrons. The topological polar surface area (TPSA) is 24.8 Å². The summed E-state index contributed by atoms with van der Waals surface area (Å²) < 4.78 is 0. The van der Waals surface area contributed by atoms with Crippen LogP contribution in [0.15, 0.2) is 53.7 Å². The molecule has 118 valence electrons. The zero-order valence-electron chi connectivity index (χ0n) is 13.5. The fourth-order valence-electron chi connectivity index (χ4n) is 3.88. The van der Waals surface area contributed by atoms with E-state index in [0.29, 0.717) is 5.02 Å². The first-order valence-corrected chi connectivity index (χ1v) is 8.18. The lowest BCUT2D eigenvalue weighted by molar-refractivity contribution is -0.0591. The van der Waals surface area contributed by atoms with Crippen molar-refractivity contribution < 1.29 is 4.84 Å². The summed E-state index contributed by atoms with van der Waals surface area (Å²) in [6.45, 7) is 4.46. The summed E-state index contributed by atoms with van der Waals surface area (Å²) >= 11 is 6.13. The monoisotopic (exact) mass is 326 g/mol. The number of para-hydroxylation sites is 1. The van der Waals surface area contributed by atoms with Gasteiger partial charge in [0.2, 0.25) is 5.72 Å². The van der Waals surface area contributed by atoms with Gasteiger partial charge in [-0.15, -0.1) is 0 Å². The van der Waals surface area contributed by atoms with E-state index in [0.717, 1.165) is 17.7 Å². The normalized spacial score (nSPS) is 24.5. The third-order valence-electron chi connectivity index (χ3n) is 5.33. The lowest BCUT2D eigenvalue weighted by atomic mass is 9.75. The molecule has 0 saturated carbocycles. The molecule has 0 fully saturated rings. The van der Waals surface area contributed by atoms with Gasteiger partial charge in [0.1, 0.15) is 0 Å². The quantitative estimate of drug-likeness (QED) is 0.765. The molecule has 2 aliphatic rings. The number of nitrogens with zero attached hydrogens (tertiary/aromatic N) is 2. The zero-order chi connectivity index (χ0) is 16.2. The highest BCUT2D eigenvalue weighted by Crippen LogP contribution is 2.55. The lowest BCUT2D eigenvalue weighted by Gasteiger charge is -2.40. The molecule has 1 spiro atoms. The minimum absolute atomic E-state index is 0.165. The summed E-state index contributed by atoms with van der Waals surface area (Å²) in [6, 6.07) is 16.3. The van der Waals surface area contributed by atoms with Gasteiger partial charge in [0.15, 0.2) is 0 Å². The number of rotatable bonds is 1. The van der Waals surface area contributed by atoms with Gasteiger partial charge in [-0.25, -0.2) is 0 Å². The molecular formula is C19H19ClN2O. The van der Waals surface area contributed by atoms with Crippen LogP contribution in [0.25, 0.3) is 0 Å². The Morgan fingerprint density at radius 2 is 1.91 bits per heavy atom. The van der Waals surface area contributed by atoms with Crippen LogP contribution < -0.4 is 4.90 Å². The van der Waals surface area contributed by atoms with E-state index in [1.807, 2.05) is 24.3 Å². The van der Waals surface area contributed by atoms with Crippen molar-refractivity contribution in [3.05, 3.63) is 64.7 Å². The van der Waals surface area contributed by atoms with Crippen LogP contribution in [0.5, 0.6) is 0 Å². The van der Waals surface area contributed by atoms with E-state index in [1.54, 1.807) is 0 Å². The van der Waals surface area contributed by atoms with Crippen LogP contribution in [-0.4, -0.2) is 18.5 Å². The van der Waals surface area contributed by atoms with Crippen molar-refractivity contribution in [2.45, 2.75) is 31.4 Å². The average Bonchev–Trinajstić information content (AvgIpc) is 3.06. The number of hydrogen-bond acceptors (Lipinski definition) is 3. The lowest BCUT2D eigenvalue weighted by Crippen LogP contribution is -2.54. The van der Waals surface area contributed by atoms with Crippen molar-refractivity contribution in [2.24, 2.45) is 5.16 Å². The first kappa shape index (κ1) is 14.6. The number of fused-ring (bicyclic) bond motifs is 1. The van der Waals surface area contributed by atoms with E-state index in [2.05, 4.69) is 55.2 Å². The Bertz CT molecular complexity index is 815. The third kappa shape index (κ3) is 1.86. The van der Waals surface area contributed by atoms with Crippen LogP contribution >= 0.6 is 11.6 Å². The second kappa shape index (κ2) is 4.75. The van der Waals surface area contributed by atoms with Crippen LogP contribution in [0.4, 0.5) is 5.69 Å². The van der Waals surface area contributed by atoms with Gasteiger partial charge >= 0.3 is 0 Å². The molecule has 2 aromatic carbocycles. The molecule has 0 amide bonds. The third-order valence-corrected chi connectivity index (χ3v) is 5.56. The van der Waals surface area contributed by atoms with Crippen LogP contribution in [0.2, 0.25) is 5.02 Å². The van der Waals surface area contributed by atoms with Crippen molar-refractivity contribution in [2.75, 3.05) is 11.9 Å². The first-order chi connectivity index (χ1) is 11.0. The average molecular weight is 327 g/mol. The van der Waals surface area contributed by atoms with Crippen LogP contribution in [0.3, 0.4) is 0 Å². The molecule has 0 bridgehead atoms. The van der Waals surface area contributed by atoms with E-state index >= 15 is 0 Å². The standard InChI is InChI=1S/C19H19ClN2O/c1-18(2)15-9-4-5-10-17(15)22(3)19(18)12-16(21-23-19)13-7-6-8-14(20)11-13/h4-11H,12H2,1-3H3. The molecule has 2 heterocycles. The Morgan fingerprint density at radius 3 is 2.65 bits per heavy atom. The van der Waals surface area contributed by atoms with Gasteiger partial charge in [-0.2, -0.15) is 0 Å². The van der Waals surface area contributed by atoms with Crippen LogP contribution in [-0.2, 0) is 10.3 Å². The molecule has 2 aromatic rings. The molecule has 1 unspecified atom stereocenters. The molecule has 0 aliphatic carbocycles. The highest BCUT2D eigenvalue weighted by Gasteiger charge is 2.61. The highest BCUT2D eigenvalue weighted by atomic mass is 35.5. The Morgan fingerprint density at radius 1 is 1.13 bits per heavy atom. The minimum atomic E-state index is -0.492. The predicted molar refractivity (Wildman–Crippen MR) is 94.3 cm³/mol. The maximum Gasteiger partial charge on any atom is 0.224 e. The highest BCUT2D eigenvalue weighted by molar-refractivity contribution is 6.31. The van der Waals surface area contributed by atoms with Crippen molar-refractivity contribution in [1.29, 1.82) is 0 Å². The van der Waals surface area contributed by atoms with Gasteiger partial charge in [0.05, 0.1) is 17.5 Å². The number of benzene rings is 2. The number of oxime groups is 1. The van der Waals surface area contributed by atoms with Crippen molar-refractivity contribution in [1.82, 2.24) is 0 Å². The van der Waals surface area contributed by atoms with E-state index < -0.39 is 5.72 Å². The van der Waals surface area contributed by atoms with Gasteiger partial charge in [-0.3, -0.25) is 0 Å². The molecule has 4 heteroatoms. The van der Waals surface area contributed by atoms with Gasteiger partial charge in [0.25, 0.3) is 0 Å². The summed E-state index contributed by atoms with van der Waals surface area (Å²) in [5.41, 5.74) is 3.82. The molecule has 0 aromatic heterocycles. The molecule has 23 heavy (non-hydrogen) atoms.